The number of rotatable bonds is 4. The van der Waals surface area contributed by atoms with E-state index in [1.165, 1.54) is 38.8 Å². The van der Waals surface area contributed by atoms with Crippen LogP contribution in [-0.2, 0) is 0 Å². The van der Waals surface area contributed by atoms with E-state index < -0.39 is 0 Å². The molecule has 1 aromatic heterocycles. The normalized spacial score (nSPS) is 20.8. The van der Waals surface area contributed by atoms with Gasteiger partial charge in [-0.1, -0.05) is 11.6 Å². The maximum atomic E-state index is 6.31. The van der Waals surface area contributed by atoms with Crippen LogP contribution in [0, 0.1) is 12.8 Å². The zero-order valence-electron chi connectivity index (χ0n) is 13.3. The molecule has 2 aliphatic rings. The van der Waals surface area contributed by atoms with Crippen molar-refractivity contribution >= 4 is 17.4 Å². The third-order valence-corrected chi connectivity index (χ3v) is 5.12. The molecule has 0 radical (unpaired) electrons. The molecule has 0 atom stereocenters. The van der Waals surface area contributed by atoms with Crippen LogP contribution < -0.4 is 4.90 Å². The lowest BCUT2D eigenvalue weighted by Gasteiger charge is -2.32. The predicted octanol–water partition coefficient (Wildman–Crippen LogP) is 3.09. The van der Waals surface area contributed by atoms with E-state index in [1.54, 1.807) is 0 Å². The Kier molecular flexibility index (Phi) is 4.36. The smallest absolute Gasteiger partial charge is 0.137 e. The van der Waals surface area contributed by atoms with Gasteiger partial charge >= 0.3 is 0 Å². The van der Waals surface area contributed by atoms with Crippen molar-refractivity contribution in [3.05, 3.63) is 16.5 Å². The largest absolute Gasteiger partial charge is 0.359 e. The van der Waals surface area contributed by atoms with Crippen LogP contribution in [0.2, 0.25) is 5.15 Å². The minimum Gasteiger partial charge on any atom is -0.359 e. The molecule has 5 heteroatoms. The minimum atomic E-state index is 0.540. The molecule has 0 aromatic carbocycles. The highest BCUT2D eigenvalue weighted by Gasteiger charge is 2.29. The quantitative estimate of drug-likeness (QED) is 0.800. The van der Waals surface area contributed by atoms with Gasteiger partial charge in [-0.15, -0.1) is 0 Å². The van der Waals surface area contributed by atoms with Crippen LogP contribution in [0.1, 0.15) is 43.0 Å². The molecule has 0 bridgehead atoms. The molecule has 0 amide bonds. The summed E-state index contributed by atoms with van der Waals surface area (Å²) in [4.78, 5) is 13.9. The Morgan fingerprint density at radius 1 is 1.19 bits per heavy atom. The topological polar surface area (TPSA) is 32.3 Å². The highest BCUT2D eigenvalue weighted by Crippen LogP contribution is 2.40. The Morgan fingerprint density at radius 2 is 1.86 bits per heavy atom. The number of piperidine rings is 1. The van der Waals surface area contributed by atoms with Gasteiger partial charge in [0.25, 0.3) is 0 Å². The fourth-order valence-electron chi connectivity index (χ4n) is 3.11. The van der Waals surface area contributed by atoms with Crippen LogP contribution in [0.4, 0.5) is 5.82 Å². The van der Waals surface area contributed by atoms with Gasteiger partial charge in [0, 0.05) is 25.1 Å². The zero-order chi connectivity index (χ0) is 15.0. The lowest BCUT2D eigenvalue weighted by atomic mass is 9.96. The van der Waals surface area contributed by atoms with Crippen LogP contribution >= 0.6 is 11.6 Å². The van der Waals surface area contributed by atoms with Gasteiger partial charge in [-0.2, -0.15) is 0 Å². The van der Waals surface area contributed by atoms with Crippen molar-refractivity contribution < 1.29 is 0 Å². The van der Waals surface area contributed by atoms with Crippen molar-refractivity contribution in [1.29, 1.82) is 0 Å². The van der Waals surface area contributed by atoms with Gasteiger partial charge in [0.1, 0.15) is 16.8 Å². The van der Waals surface area contributed by atoms with Crippen molar-refractivity contribution in [3.8, 4) is 0 Å². The lowest BCUT2D eigenvalue weighted by Crippen LogP contribution is -2.36. The second-order valence-electron chi connectivity index (χ2n) is 6.72. The molecule has 1 aromatic rings. The van der Waals surface area contributed by atoms with Gasteiger partial charge in [-0.05, 0) is 58.7 Å². The van der Waals surface area contributed by atoms with Crippen molar-refractivity contribution in [2.24, 2.45) is 5.92 Å². The van der Waals surface area contributed by atoms with E-state index >= 15 is 0 Å². The number of hydrogen-bond acceptors (Lipinski definition) is 4. The maximum absolute atomic E-state index is 6.31. The van der Waals surface area contributed by atoms with E-state index in [1.807, 2.05) is 6.92 Å². The Balaban J connectivity index is 1.72. The Bertz CT molecular complexity index is 507. The van der Waals surface area contributed by atoms with Crippen LogP contribution in [0.15, 0.2) is 0 Å². The van der Waals surface area contributed by atoms with E-state index in [9.17, 15) is 0 Å². The summed E-state index contributed by atoms with van der Waals surface area (Å²) in [5.41, 5.74) is 1.01. The molecule has 0 unspecified atom stereocenters. The summed E-state index contributed by atoms with van der Waals surface area (Å²) < 4.78 is 0. The van der Waals surface area contributed by atoms with Crippen molar-refractivity contribution in [2.75, 3.05) is 38.6 Å². The summed E-state index contributed by atoms with van der Waals surface area (Å²) in [6, 6.07) is 0. The highest BCUT2D eigenvalue weighted by molar-refractivity contribution is 6.30. The number of nitrogens with zero attached hydrogens (tertiary/aromatic N) is 4. The third kappa shape index (κ3) is 3.49. The molecule has 2 heterocycles. The Hall–Kier alpha value is -0.870. The standard InChI is InChI=1S/C16H25ClN4/c1-11-14(17)18-15(13-4-5-13)19-16(11)21(3)10-12-6-8-20(2)9-7-12/h12-13H,4-10H2,1-3H3. The maximum Gasteiger partial charge on any atom is 0.137 e. The molecule has 21 heavy (non-hydrogen) atoms. The zero-order valence-corrected chi connectivity index (χ0v) is 14.0. The summed E-state index contributed by atoms with van der Waals surface area (Å²) in [7, 11) is 4.34. The fraction of sp³-hybridized carbons (Fsp3) is 0.750. The average molecular weight is 309 g/mol. The summed E-state index contributed by atoms with van der Waals surface area (Å²) in [6.07, 6.45) is 4.96. The first-order chi connectivity index (χ1) is 10.0. The second-order valence-corrected chi connectivity index (χ2v) is 7.08. The molecule has 116 valence electrons. The van der Waals surface area contributed by atoms with Gasteiger partial charge in [0.05, 0.1) is 0 Å². The number of halogens is 1. The SMILES string of the molecule is Cc1c(Cl)nc(C2CC2)nc1N(C)CC1CCN(C)CC1. The molecule has 2 fully saturated rings. The van der Waals surface area contributed by atoms with Gasteiger partial charge in [0.2, 0.25) is 0 Å². The van der Waals surface area contributed by atoms with Crippen molar-refractivity contribution in [3.63, 3.8) is 0 Å². The summed E-state index contributed by atoms with van der Waals surface area (Å²) in [5.74, 6) is 3.26. The second kappa shape index (κ2) is 6.09. The highest BCUT2D eigenvalue weighted by atomic mass is 35.5. The molecule has 0 N–H and O–H groups in total. The van der Waals surface area contributed by atoms with Gasteiger partial charge in [-0.25, -0.2) is 9.97 Å². The predicted molar refractivity (Wildman–Crippen MR) is 87.2 cm³/mol. The first kappa shape index (κ1) is 15.0. The van der Waals surface area contributed by atoms with E-state index in [2.05, 4.69) is 28.9 Å². The van der Waals surface area contributed by atoms with E-state index in [0.29, 0.717) is 11.1 Å². The van der Waals surface area contributed by atoms with Crippen molar-refractivity contribution in [2.45, 2.75) is 38.5 Å². The molecular formula is C16H25ClN4. The van der Waals surface area contributed by atoms with E-state index in [4.69, 9.17) is 16.6 Å². The van der Waals surface area contributed by atoms with Crippen LogP contribution in [0.25, 0.3) is 0 Å². The van der Waals surface area contributed by atoms with Crippen LogP contribution in [0.5, 0.6) is 0 Å². The Morgan fingerprint density at radius 3 is 2.48 bits per heavy atom. The van der Waals surface area contributed by atoms with Gasteiger partial charge in [-0.3, -0.25) is 0 Å². The Labute approximate surface area is 132 Å². The molecule has 1 aliphatic carbocycles. The van der Waals surface area contributed by atoms with E-state index in [-0.39, 0.29) is 0 Å². The van der Waals surface area contributed by atoms with Crippen molar-refractivity contribution in [1.82, 2.24) is 14.9 Å². The lowest BCUT2D eigenvalue weighted by molar-refractivity contribution is 0.222. The van der Waals surface area contributed by atoms with E-state index in [0.717, 1.165) is 29.7 Å². The average Bonchev–Trinajstić information content (AvgIpc) is 3.28. The molecule has 1 saturated heterocycles. The molecule has 1 aliphatic heterocycles. The summed E-state index contributed by atoms with van der Waals surface area (Å²) >= 11 is 6.31. The first-order valence-electron chi connectivity index (χ1n) is 7.98. The number of aromatic nitrogens is 2. The molecule has 1 saturated carbocycles. The fourth-order valence-corrected chi connectivity index (χ4v) is 3.28. The number of hydrogen-bond donors (Lipinski definition) is 0. The molecule has 3 rings (SSSR count). The molecule has 0 spiro atoms. The monoisotopic (exact) mass is 308 g/mol. The summed E-state index contributed by atoms with van der Waals surface area (Å²) in [5, 5.41) is 0.622. The summed E-state index contributed by atoms with van der Waals surface area (Å²) in [6.45, 7) is 5.50. The van der Waals surface area contributed by atoms with Crippen LogP contribution in [0.3, 0.4) is 0 Å². The molecular weight excluding hydrogens is 284 g/mol. The third-order valence-electron chi connectivity index (χ3n) is 4.75. The number of likely N-dealkylation sites (tertiary alicyclic amines) is 1. The van der Waals surface area contributed by atoms with Gasteiger partial charge in [0.15, 0.2) is 0 Å². The first-order valence-corrected chi connectivity index (χ1v) is 8.36. The molecule has 4 nitrogen and oxygen atoms in total. The van der Waals surface area contributed by atoms with Gasteiger partial charge < -0.3 is 9.80 Å². The minimum absolute atomic E-state index is 0.540. The number of anilines is 1. The van der Waals surface area contributed by atoms with Crippen LogP contribution in [-0.4, -0.2) is 48.6 Å².